The van der Waals surface area contributed by atoms with Crippen LogP contribution in [-0.2, 0) is 42.9 Å². The van der Waals surface area contributed by atoms with Gasteiger partial charge in [0.05, 0.1) is 6.61 Å². The summed E-state index contributed by atoms with van der Waals surface area (Å²) in [7, 11) is 0. The van der Waals surface area contributed by atoms with Gasteiger partial charge in [-0.3, -0.25) is 14.4 Å². The molecule has 0 aromatic carbocycles. The maximum atomic E-state index is 13.1. The Hall–Kier alpha value is -4.62. The molecule has 1 fully saturated rings. The second-order valence-corrected chi connectivity index (χ2v) is 19.9. The van der Waals surface area contributed by atoms with Crippen LogP contribution in [0.5, 0.6) is 0 Å². The molecule has 1 saturated heterocycles. The van der Waals surface area contributed by atoms with Crippen LogP contribution in [0.1, 0.15) is 226 Å². The molecule has 1 aliphatic rings. The van der Waals surface area contributed by atoms with Gasteiger partial charge in [-0.2, -0.15) is 0 Å². The molecule has 0 bridgehead atoms. The van der Waals surface area contributed by atoms with Gasteiger partial charge in [0.25, 0.3) is 0 Å². The first-order valence-corrected chi connectivity index (χ1v) is 29.9. The van der Waals surface area contributed by atoms with Gasteiger partial charge < -0.3 is 39.0 Å². The predicted octanol–water partition coefficient (Wildman–Crippen LogP) is 15.4. The number of esters is 3. The second kappa shape index (κ2) is 52.1. The minimum absolute atomic E-state index is 0.0707. The fourth-order valence-electron chi connectivity index (χ4n) is 8.31. The highest BCUT2D eigenvalue weighted by Gasteiger charge is 2.50. The van der Waals surface area contributed by atoms with Crippen molar-refractivity contribution in [2.45, 2.75) is 263 Å². The summed E-state index contributed by atoms with van der Waals surface area (Å²) in [6.45, 7) is 5.68. The molecule has 1 rings (SSSR count). The van der Waals surface area contributed by atoms with E-state index >= 15 is 0 Å². The molecule has 436 valence electrons. The number of allylic oxidation sites excluding steroid dienone is 18. The number of carboxylic acids is 1. The summed E-state index contributed by atoms with van der Waals surface area (Å²) in [6.07, 6.45) is 58.0. The first-order valence-electron chi connectivity index (χ1n) is 29.9. The van der Waals surface area contributed by atoms with Crippen LogP contribution in [0.4, 0.5) is 0 Å². The summed E-state index contributed by atoms with van der Waals surface area (Å²) in [4.78, 5) is 51.1. The van der Waals surface area contributed by atoms with E-state index in [1.54, 1.807) is 0 Å². The van der Waals surface area contributed by atoms with Crippen LogP contribution in [0.2, 0.25) is 0 Å². The van der Waals surface area contributed by atoms with Crippen molar-refractivity contribution < 1.29 is 58.2 Å². The van der Waals surface area contributed by atoms with Gasteiger partial charge in [0, 0.05) is 19.3 Å². The van der Waals surface area contributed by atoms with Crippen molar-refractivity contribution in [1.29, 1.82) is 0 Å². The largest absolute Gasteiger partial charge is 0.479 e. The molecule has 0 amide bonds. The normalized spacial score (nSPS) is 18.8. The molecule has 6 unspecified atom stereocenters. The van der Waals surface area contributed by atoms with Crippen molar-refractivity contribution in [2.24, 2.45) is 0 Å². The Labute approximate surface area is 465 Å². The predicted molar refractivity (Wildman–Crippen MR) is 312 cm³/mol. The molecule has 1 heterocycles. The van der Waals surface area contributed by atoms with E-state index in [1.165, 1.54) is 83.5 Å². The van der Waals surface area contributed by atoms with E-state index in [-0.39, 0.29) is 25.9 Å². The molecule has 12 heteroatoms. The van der Waals surface area contributed by atoms with Crippen LogP contribution >= 0.6 is 0 Å². The number of carbonyl (C=O) groups is 4. The number of aliphatic hydroxyl groups excluding tert-OH is 2. The van der Waals surface area contributed by atoms with Gasteiger partial charge >= 0.3 is 23.9 Å². The van der Waals surface area contributed by atoms with E-state index in [2.05, 4.69) is 112 Å². The zero-order chi connectivity index (χ0) is 56.1. The number of hydrogen-bond acceptors (Lipinski definition) is 11. The van der Waals surface area contributed by atoms with E-state index in [4.69, 9.17) is 23.7 Å². The van der Waals surface area contributed by atoms with Gasteiger partial charge in [-0.15, -0.1) is 0 Å². The smallest absolute Gasteiger partial charge is 0.335 e. The van der Waals surface area contributed by atoms with Crippen molar-refractivity contribution in [3.8, 4) is 0 Å². The number of ether oxygens (including phenoxy) is 5. The molecule has 0 spiro atoms. The molecule has 0 aromatic heterocycles. The summed E-state index contributed by atoms with van der Waals surface area (Å²) < 4.78 is 28.3. The molecule has 0 saturated carbocycles. The van der Waals surface area contributed by atoms with Crippen LogP contribution in [-0.4, -0.2) is 89.2 Å². The molecule has 77 heavy (non-hydrogen) atoms. The fraction of sp³-hybridized carbons (Fsp3) is 0.662. The summed E-state index contributed by atoms with van der Waals surface area (Å²) in [6, 6.07) is 0. The molecule has 6 atom stereocenters. The first-order chi connectivity index (χ1) is 37.6. The lowest BCUT2D eigenvalue weighted by atomic mass is 9.98. The van der Waals surface area contributed by atoms with Gasteiger partial charge in [0.2, 0.25) is 0 Å². The number of unbranched alkanes of at least 4 members (excludes halogenated alkanes) is 17. The van der Waals surface area contributed by atoms with Crippen LogP contribution in [0, 0.1) is 0 Å². The zero-order valence-corrected chi connectivity index (χ0v) is 47.9. The summed E-state index contributed by atoms with van der Waals surface area (Å²) in [5.41, 5.74) is 0. The minimum atomic E-state index is -1.94. The van der Waals surface area contributed by atoms with Gasteiger partial charge in [-0.05, 0) is 109 Å². The van der Waals surface area contributed by atoms with Gasteiger partial charge in [-0.25, -0.2) is 4.79 Å². The topological polar surface area (TPSA) is 175 Å². The van der Waals surface area contributed by atoms with Gasteiger partial charge in [0.15, 0.2) is 24.6 Å². The number of carbonyl (C=O) groups excluding carboxylic acids is 3. The Morgan fingerprint density at radius 1 is 0.442 bits per heavy atom. The van der Waals surface area contributed by atoms with Crippen molar-refractivity contribution in [3.05, 3.63) is 109 Å². The Morgan fingerprint density at radius 2 is 0.844 bits per heavy atom. The first kappa shape index (κ1) is 70.4. The van der Waals surface area contributed by atoms with Crippen molar-refractivity contribution in [1.82, 2.24) is 0 Å². The van der Waals surface area contributed by atoms with Gasteiger partial charge in [0.1, 0.15) is 18.8 Å². The number of aliphatic hydroxyl groups is 2. The molecule has 0 aliphatic carbocycles. The molecule has 0 aromatic rings. The molecular formula is C65H104O12. The zero-order valence-electron chi connectivity index (χ0n) is 47.9. The summed E-state index contributed by atoms with van der Waals surface area (Å²) >= 11 is 0. The number of aliphatic carboxylic acids is 1. The molecule has 1 aliphatic heterocycles. The van der Waals surface area contributed by atoms with Crippen molar-refractivity contribution in [2.75, 3.05) is 13.2 Å². The van der Waals surface area contributed by atoms with Crippen molar-refractivity contribution in [3.63, 3.8) is 0 Å². The highest BCUT2D eigenvalue weighted by molar-refractivity contribution is 5.74. The third-order valence-corrected chi connectivity index (χ3v) is 12.8. The van der Waals surface area contributed by atoms with Crippen LogP contribution in [0.15, 0.2) is 109 Å². The minimum Gasteiger partial charge on any atom is -0.479 e. The maximum Gasteiger partial charge on any atom is 0.335 e. The quantitative estimate of drug-likeness (QED) is 0.0228. The number of carboxylic acid groups (broad SMARTS) is 1. The van der Waals surface area contributed by atoms with Crippen LogP contribution < -0.4 is 0 Å². The molecule has 3 N–H and O–H groups in total. The van der Waals surface area contributed by atoms with E-state index in [1.807, 2.05) is 18.2 Å². The highest BCUT2D eigenvalue weighted by atomic mass is 16.7. The summed E-state index contributed by atoms with van der Waals surface area (Å²) in [5.74, 6) is -3.30. The average molecular weight is 1080 g/mol. The average Bonchev–Trinajstić information content (AvgIpc) is 3.41. The standard InChI is InChI=1S/C65H104O12/c1-4-7-10-13-16-19-22-25-27-28-29-30-32-34-36-39-42-45-48-51-57(66)73-54-56(75-58(67)52-49-46-43-40-38-35-31-26-23-20-17-14-11-8-5-2)55-74-65-63(61(70)60(69)62(77-65)64(71)72)76-59(68)53-50-47-44-41-37-33-24-21-18-15-12-9-6-3/h8-9,11-12,17-18,20-21,25-27,31,33,37-38,40,44,47,56,60-63,65,69-70H,4-7,10,13-16,19,22-24,28-30,32,34-36,39,41-43,45-46,48-55H2,1-3H3,(H,71,72)/b11-8-,12-9-,20-17-,21-18-,27-25-,31-26-,37-33-,40-38-,47-44-. The highest BCUT2D eigenvalue weighted by Crippen LogP contribution is 2.26. The number of hydrogen-bond donors (Lipinski definition) is 3. The van der Waals surface area contributed by atoms with E-state index in [9.17, 15) is 34.5 Å². The Kier molecular flexibility index (Phi) is 47.6. The maximum absolute atomic E-state index is 13.1. The van der Waals surface area contributed by atoms with Crippen molar-refractivity contribution >= 4 is 23.9 Å². The van der Waals surface area contributed by atoms with Crippen LogP contribution in [0.25, 0.3) is 0 Å². The molecular weight excluding hydrogens is 973 g/mol. The Balaban J connectivity index is 2.73. The lowest BCUT2D eigenvalue weighted by Crippen LogP contribution is -2.61. The lowest BCUT2D eigenvalue weighted by Gasteiger charge is -2.40. The monoisotopic (exact) mass is 1080 g/mol. The Morgan fingerprint density at radius 3 is 1.34 bits per heavy atom. The second-order valence-electron chi connectivity index (χ2n) is 19.9. The van der Waals surface area contributed by atoms with Gasteiger partial charge in [-0.1, -0.05) is 207 Å². The third kappa shape index (κ3) is 42.1. The molecule has 0 radical (unpaired) electrons. The lowest BCUT2D eigenvalue weighted by molar-refractivity contribution is -0.301. The van der Waals surface area contributed by atoms with Crippen LogP contribution in [0.3, 0.4) is 0 Å². The van der Waals surface area contributed by atoms with E-state index in [0.717, 1.165) is 77.0 Å². The Bertz CT molecular complexity index is 1750. The van der Waals surface area contributed by atoms with E-state index in [0.29, 0.717) is 25.7 Å². The SMILES string of the molecule is CC/C=C\C/C=C\C/C=C\C/C=C\CCCCC(=O)OC(COC(=O)CCCCCCCCCCC/C=C\CCCCCCCC)COC1OC(C(=O)O)C(O)C(O)C1OC(=O)CC/C=C\C/C=C\C/C=C\C/C=C\CC. The number of rotatable bonds is 49. The van der Waals surface area contributed by atoms with E-state index < -0.39 is 67.3 Å². The summed E-state index contributed by atoms with van der Waals surface area (Å²) in [5, 5.41) is 31.4. The molecule has 12 nitrogen and oxygen atoms in total. The third-order valence-electron chi connectivity index (χ3n) is 12.8. The fourth-order valence-corrected chi connectivity index (χ4v) is 8.31.